The maximum atomic E-state index is 11.2. The second-order valence-corrected chi connectivity index (χ2v) is 7.99. The number of para-hydroxylation sites is 1. The van der Waals surface area contributed by atoms with Crippen LogP contribution in [0.25, 0.3) is 15.9 Å². The van der Waals surface area contributed by atoms with Crippen molar-refractivity contribution in [1.82, 2.24) is 9.88 Å². The molecule has 4 rings (SSSR count). The van der Waals surface area contributed by atoms with Gasteiger partial charge in [0.05, 0.1) is 5.52 Å². The van der Waals surface area contributed by atoms with Crippen molar-refractivity contribution >= 4 is 28.2 Å². The molecule has 2 aromatic carbocycles. The Morgan fingerprint density at radius 2 is 1.82 bits per heavy atom. The van der Waals surface area contributed by atoms with Crippen LogP contribution in [0.3, 0.4) is 0 Å². The highest BCUT2D eigenvalue weighted by Gasteiger charge is 2.13. The third kappa shape index (κ3) is 3.72. The first-order valence-corrected chi connectivity index (χ1v) is 10.1. The summed E-state index contributed by atoms with van der Waals surface area (Å²) in [6.07, 6.45) is 2.11. The SMILES string of the molecule is CC(CNCc1cn(-c2ccc(C(=O)O)s2)c2ccccc12)c1ccccc1. The zero-order valence-electron chi connectivity index (χ0n) is 15.6. The highest BCUT2D eigenvalue weighted by molar-refractivity contribution is 7.16. The minimum atomic E-state index is -0.885. The van der Waals surface area contributed by atoms with Gasteiger partial charge in [-0.15, -0.1) is 11.3 Å². The minimum absolute atomic E-state index is 0.351. The van der Waals surface area contributed by atoms with E-state index in [0.717, 1.165) is 23.6 Å². The van der Waals surface area contributed by atoms with E-state index in [9.17, 15) is 9.90 Å². The minimum Gasteiger partial charge on any atom is -0.477 e. The second kappa shape index (κ2) is 8.00. The van der Waals surface area contributed by atoms with Gasteiger partial charge in [0.15, 0.2) is 0 Å². The molecule has 0 bridgehead atoms. The summed E-state index contributed by atoms with van der Waals surface area (Å²) >= 11 is 1.29. The average molecular weight is 391 g/mol. The van der Waals surface area contributed by atoms with Crippen LogP contribution < -0.4 is 5.32 Å². The van der Waals surface area contributed by atoms with Crippen molar-refractivity contribution in [3.05, 3.63) is 88.9 Å². The van der Waals surface area contributed by atoms with Crippen molar-refractivity contribution in [3.63, 3.8) is 0 Å². The van der Waals surface area contributed by atoms with Crippen LogP contribution in [-0.2, 0) is 6.54 Å². The summed E-state index contributed by atoms with van der Waals surface area (Å²) in [5, 5.41) is 14.9. The summed E-state index contributed by atoms with van der Waals surface area (Å²) in [7, 11) is 0. The highest BCUT2D eigenvalue weighted by Crippen LogP contribution is 2.29. The lowest BCUT2D eigenvalue weighted by Crippen LogP contribution is -2.19. The molecule has 0 amide bonds. The highest BCUT2D eigenvalue weighted by atomic mass is 32.1. The van der Waals surface area contributed by atoms with Crippen LogP contribution in [0.1, 0.15) is 33.6 Å². The smallest absolute Gasteiger partial charge is 0.345 e. The third-order valence-corrected chi connectivity index (χ3v) is 6.04. The molecule has 0 aliphatic heterocycles. The molecule has 2 aromatic heterocycles. The molecule has 4 aromatic rings. The molecule has 28 heavy (non-hydrogen) atoms. The van der Waals surface area contributed by atoms with Gasteiger partial charge in [0.25, 0.3) is 0 Å². The van der Waals surface area contributed by atoms with Crippen molar-refractivity contribution in [3.8, 4) is 5.00 Å². The Labute approximate surface area is 168 Å². The first-order valence-electron chi connectivity index (χ1n) is 9.31. The number of fused-ring (bicyclic) bond motifs is 1. The van der Waals surface area contributed by atoms with Crippen LogP contribution in [0.5, 0.6) is 0 Å². The van der Waals surface area contributed by atoms with Crippen LogP contribution >= 0.6 is 11.3 Å². The van der Waals surface area contributed by atoms with Gasteiger partial charge in [-0.3, -0.25) is 0 Å². The molecule has 0 aliphatic carbocycles. The Bertz CT molecular complexity index is 1100. The van der Waals surface area contributed by atoms with Crippen LogP contribution in [0, 0.1) is 0 Å². The lowest BCUT2D eigenvalue weighted by atomic mass is 10.0. The maximum absolute atomic E-state index is 11.2. The van der Waals surface area contributed by atoms with E-state index in [1.807, 2.05) is 24.3 Å². The molecule has 5 heteroatoms. The van der Waals surface area contributed by atoms with Crippen molar-refractivity contribution < 1.29 is 9.90 Å². The monoisotopic (exact) mass is 390 g/mol. The molecule has 0 aliphatic rings. The summed E-state index contributed by atoms with van der Waals surface area (Å²) in [5.74, 6) is -0.450. The molecule has 2 N–H and O–H groups in total. The van der Waals surface area contributed by atoms with Gasteiger partial charge in [-0.05, 0) is 35.2 Å². The Balaban J connectivity index is 1.55. The Morgan fingerprint density at radius 1 is 1.07 bits per heavy atom. The maximum Gasteiger partial charge on any atom is 0.345 e. The van der Waals surface area contributed by atoms with Crippen molar-refractivity contribution in [2.24, 2.45) is 0 Å². The number of nitrogens with zero attached hydrogens (tertiary/aromatic N) is 1. The number of aromatic carboxylic acids is 1. The number of benzene rings is 2. The zero-order valence-corrected chi connectivity index (χ0v) is 16.4. The standard InChI is InChI=1S/C23H22N2O2S/c1-16(17-7-3-2-4-8-17)13-24-14-18-15-25(20-10-6-5-9-19(18)20)22-12-11-21(28-22)23(26)27/h2-12,15-16,24H,13-14H2,1H3,(H,26,27). The zero-order chi connectivity index (χ0) is 19.5. The van der Waals surface area contributed by atoms with Crippen molar-refractivity contribution in [2.45, 2.75) is 19.4 Å². The average Bonchev–Trinajstić information content (AvgIpc) is 3.34. The van der Waals surface area contributed by atoms with E-state index in [-0.39, 0.29) is 0 Å². The topological polar surface area (TPSA) is 54.3 Å². The van der Waals surface area contributed by atoms with Crippen molar-refractivity contribution in [1.29, 1.82) is 0 Å². The van der Waals surface area contributed by atoms with Gasteiger partial charge in [0, 0.05) is 24.7 Å². The number of aromatic nitrogens is 1. The van der Waals surface area contributed by atoms with Crippen LogP contribution in [0.4, 0.5) is 0 Å². The lowest BCUT2D eigenvalue weighted by Gasteiger charge is -2.12. The van der Waals surface area contributed by atoms with Crippen molar-refractivity contribution in [2.75, 3.05) is 6.54 Å². The van der Waals surface area contributed by atoms with E-state index < -0.39 is 5.97 Å². The van der Waals surface area contributed by atoms with Gasteiger partial charge in [0.2, 0.25) is 0 Å². The van der Waals surface area contributed by atoms with Crippen LogP contribution in [-0.4, -0.2) is 22.2 Å². The fourth-order valence-electron chi connectivity index (χ4n) is 3.47. The van der Waals surface area contributed by atoms with Crippen LogP contribution in [0.15, 0.2) is 72.9 Å². The fraction of sp³-hybridized carbons (Fsp3) is 0.174. The summed E-state index contributed by atoms with van der Waals surface area (Å²) in [4.78, 5) is 11.6. The first-order chi connectivity index (χ1) is 13.6. The van der Waals surface area contributed by atoms with E-state index in [4.69, 9.17) is 0 Å². The molecule has 0 fully saturated rings. The van der Waals surface area contributed by atoms with Gasteiger partial charge in [-0.1, -0.05) is 55.5 Å². The number of nitrogens with one attached hydrogen (secondary N) is 1. The largest absolute Gasteiger partial charge is 0.477 e. The van der Waals surface area contributed by atoms with Gasteiger partial charge < -0.3 is 15.0 Å². The summed E-state index contributed by atoms with van der Waals surface area (Å²) in [6, 6.07) is 22.3. The molecule has 0 radical (unpaired) electrons. The molecule has 142 valence electrons. The molecule has 1 unspecified atom stereocenters. The first kappa shape index (κ1) is 18.5. The number of rotatable bonds is 7. The van der Waals surface area contributed by atoms with Gasteiger partial charge in [-0.25, -0.2) is 4.79 Å². The molecule has 1 atom stereocenters. The molecule has 2 heterocycles. The van der Waals surface area contributed by atoms with Crippen LogP contribution in [0.2, 0.25) is 0 Å². The number of carbonyl (C=O) groups is 1. The van der Waals surface area contributed by atoms with E-state index in [1.165, 1.54) is 27.8 Å². The molecule has 0 spiro atoms. The lowest BCUT2D eigenvalue weighted by molar-refractivity contribution is 0.0702. The Kier molecular flexibility index (Phi) is 5.28. The van der Waals surface area contributed by atoms with E-state index in [2.05, 4.69) is 59.4 Å². The number of thiophene rings is 1. The normalized spacial score (nSPS) is 12.3. The van der Waals surface area contributed by atoms with E-state index in [0.29, 0.717) is 10.8 Å². The quantitative estimate of drug-likeness (QED) is 0.451. The van der Waals surface area contributed by atoms with Gasteiger partial charge in [0.1, 0.15) is 9.88 Å². The third-order valence-electron chi connectivity index (χ3n) is 4.97. The fourth-order valence-corrected chi connectivity index (χ4v) is 4.30. The molecule has 0 saturated heterocycles. The number of carboxylic acids is 1. The second-order valence-electron chi connectivity index (χ2n) is 6.93. The Hall–Kier alpha value is -2.89. The molecule has 4 nitrogen and oxygen atoms in total. The predicted octanol–water partition coefficient (Wildman–Crippen LogP) is 5.28. The summed E-state index contributed by atoms with van der Waals surface area (Å²) in [6.45, 7) is 3.89. The summed E-state index contributed by atoms with van der Waals surface area (Å²) in [5.41, 5.74) is 3.63. The molecule has 0 saturated carbocycles. The van der Waals surface area contributed by atoms with Gasteiger partial charge >= 0.3 is 5.97 Å². The number of hydrogen-bond acceptors (Lipinski definition) is 3. The Morgan fingerprint density at radius 3 is 2.57 bits per heavy atom. The molecular weight excluding hydrogens is 368 g/mol. The number of hydrogen-bond donors (Lipinski definition) is 2. The van der Waals surface area contributed by atoms with E-state index in [1.54, 1.807) is 6.07 Å². The van der Waals surface area contributed by atoms with E-state index >= 15 is 0 Å². The summed E-state index contributed by atoms with van der Waals surface area (Å²) < 4.78 is 2.09. The molecular formula is C23H22N2O2S. The predicted molar refractivity (Wildman–Crippen MR) is 115 cm³/mol. The van der Waals surface area contributed by atoms with Gasteiger partial charge in [-0.2, -0.15) is 0 Å². The number of carboxylic acid groups (broad SMARTS) is 1.